The lowest BCUT2D eigenvalue weighted by Gasteiger charge is -2.29. The zero-order valence-corrected chi connectivity index (χ0v) is 14.0. The Morgan fingerprint density at radius 2 is 2.18 bits per heavy atom. The van der Waals surface area contributed by atoms with Crippen molar-refractivity contribution in [2.24, 2.45) is 0 Å². The second-order valence-electron chi connectivity index (χ2n) is 6.71. The number of nitrogens with zero attached hydrogens (tertiary/aromatic N) is 2. The molecule has 1 fully saturated rings. The molecule has 1 saturated heterocycles. The predicted molar refractivity (Wildman–Crippen MR) is 88.8 cm³/mol. The molecule has 4 N–H and O–H groups in total. The van der Waals surface area contributed by atoms with Crippen LogP contribution in [-0.2, 0) is 4.74 Å². The van der Waals surface area contributed by atoms with Gasteiger partial charge in [-0.3, -0.25) is 4.57 Å². The van der Waals surface area contributed by atoms with Crippen LogP contribution >= 0.6 is 6.89 Å². The summed E-state index contributed by atoms with van der Waals surface area (Å²) < 4.78 is 7.00. The second-order valence-corrected chi connectivity index (χ2v) is 11.0. The summed E-state index contributed by atoms with van der Waals surface area (Å²) in [4.78, 5) is 15.5. The van der Waals surface area contributed by atoms with Crippen LogP contribution in [0.25, 0.3) is 0 Å². The highest BCUT2D eigenvalue weighted by atomic mass is 31.2. The highest BCUT2D eigenvalue weighted by molar-refractivity contribution is 7.72. The first-order valence-corrected chi connectivity index (χ1v) is 10.1. The molecule has 124 valence electrons. The summed E-state index contributed by atoms with van der Waals surface area (Å²) in [6, 6.07) is 1.45. The minimum absolute atomic E-state index is 0.0978. The van der Waals surface area contributed by atoms with E-state index in [4.69, 9.17) is 10.5 Å². The van der Waals surface area contributed by atoms with Gasteiger partial charge in [0.1, 0.15) is 18.0 Å². The summed E-state index contributed by atoms with van der Waals surface area (Å²) in [5, 5.41) is 20.6. The largest absolute Gasteiger partial charge is 0.387 e. The third kappa shape index (κ3) is 3.43. The molecule has 0 saturated carbocycles. The van der Waals surface area contributed by atoms with Crippen LogP contribution in [0.15, 0.2) is 17.1 Å². The first kappa shape index (κ1) is 17.2. The van der Waals surface area contributed by atoms with Crippen LogP contribution < -0.4 is 11.4 Å². The maximum atomic E-state index is 11.9. The van der Waals surface area contributed by atoms with E-state index in [9.17, 15) is 15.0 Å². The van der Waals surface area contributed by atoms with Crippen molar-refractivity contribution in [1.82, 2.24) is 9.55 Å². The molecule has 1 aromatic heterocycles. The van der Waals surface area contributed by atoms with Crippen LogP contribution in [0.5, 0.6) is 0 Å². The lowest BCUT2D eigenvalue weighted by atomic mass is 9.95. The smallest absolute Gasteiger partial charge is 0.351 e. The number of nitrogen functional groups attached to an aromatic ring is 1. The molecule has 0 aliphatic carbocycles. The van der Waals surface area contributed by atoms with E-state index >= 15 is 0 Å². The quantitative estimate of drug-likeness (QED) is 0.667. The van der Waals surface area contributed by atoms with Gasteiger partial charge in [0.25, 0.3) is 0 Å². The third-order valence-corrected chi connectivity index (χ3v) is 5.40. The van der Waals surface area contributed by atoms with E-state index in [2.05, 4.69) is 24.6 Å². The van der Waals surface area contributed by atoms with Crippen molar-refractivity contribution < 1.29 is 14.9 Å². The second kappa shape index (κ2) is 5.81. The Balaban J connectivity index is 2.26. The zero-order valence-electron chi connectivity index (χ0n) is 13.1. The Morgan fingerprint density at radius 3 is 2.73 bits per heavy atom. The molecule has 8 heteroatoms. The van der Waals surface area contributed by atoms with Crippen LogP contribution in [0, 0.1) is 0 Å². The van der Waals surface area contributed by atoms with E-state index in [0.29, 0.717) is 6.42 Å². The van der Waals surface area contributed by atoms with Crippen LogP contribution in [0.2, 0.25) is 0 Å². The molecule has 0 radical (unpaired) electrons. The van der Waals surface area contributed by atoms with E-state index in [1.165, 1.54) is 12.3 Å². The molecule has 1 aliphatic heterocycles. The normalized spacial score (nSPS) is 32.3. The lowest BCUT2D eigenvalue weighted by molar-refractivity contribution is -0.0952. The number of ether oxygens (including phenoxy) is 1. The van der Waals surface area contributed by atoms with Gasteiger partial charge in [-0.25, -0.2) is 4.79 Å². The van der Waals surface area contributed by atoms with E-state index in [1.54, 1.807) is 6.92 Å². The number of aliphatic hydroxyl groups is 2. The fraction of sp³-hybridized carbons (Fsp3) is 0.643. The standard InChI is InChI=1S/C14H24N3O4P/c1-14(6-8-22(2,3)4)11(19)10(18)12(21-14)17-7-5-9(15)16-13(17)20/h5,7,10-12,18-19H,2,6,8H2,1,3-4H3,(H2,15,16,20)/t10-,11+,12?,14-/m1/s1. The van der Waals surface area contributed by atoms with Crippen molar-refractivity contribution in [2.45, 2.75) is 37.4 Å². The van der Waals surface area contributed by atoms with Crippen LogP contribution in [0.4, 0.5) is 5.82 Å². The molecule has 1 unspecified atom stereocenters. The van der Waals surface area contributed by atoms with Gasteiger partial charge in [0.15, 0.2) is 6.23 Å². The Bertz CT molecular complexity index is 656. The monoisotopic (exact) mass is 329 g/mol. The minimum atomic E-state index is -1.28. The van der Waals surface area contributed by atoms with E-state index in [0.717, 1.165) is 10.7 Å². The van der Waals surface area contributed by atoms with E-state index < -0.39 is 36.6 Å². The molecule has 22 heavy (non-hydrogen) atoms. The SMILES string of the molecule is C=P(C)(C)CC[C@@]1(C)OC(n2ccc(N)nc2=O)[C@H](O)[C@@H]1O. The Hall–Kier alpha value is -1.14. The molecule has 0 bridgehead atoms. The van der Waals surface area contributed by atoms with Gasteiger partial charge in [-0.15, -0.1) is 13.2 Å². The highest BCUT2D eigenvalue weighted by Gasteiger charge is 2.51. The van der Waals surface area contributed by atoms with Gasteiger partial charge in [-0.1, -0.05) is 0 Å². The summed E-state index contributed by atoms with van der Waals surface area (Å²) in [6.07, 6.45) is 3.65. The van der Waals surface area contributed by atoms with Gasteiger partial charge >= 0.3 is 5.69 Å². The van der Waals surface area contributed by atoms with Gasteiger partial charge in [-0.05, 0) is 38.9 Å². The summed E-state index contributed by atoms with van der Waals surface area (Å²) in [5.41, 5.74) is 3.91. The fourth-order valence-electron chi connectivity index (χ4n) is 2.50. The van der Waals surface area contributed by atoms with Crippen LogP contribution in [-0.4, -0.2) is 63.4 Å². The summed E-state index contributed by atoms with van der Waals surface area (Å²) in [7, 11) is 0. The molecule has 0 amide bonds. The fourth-order valence-corrected chi connectivity index (χ4v) is 3.55. The maximum absolute atomic E-state index is 11.9. The van der Waals surface area contributed by atoms with Crippen LogP contribution in [0.3, 0.4) is 0 Å². The molecular formula is C14H24N3O4P. The predicted octanol–water partition coefficient (Wildman–Crippen LogP) is -0.0659. The molecule has 2 rings (SSSR count). The Kier molecular flexibility index (Phi) is 4.55. The zero-order chi connectivity index (χ0) is 16.7. The number of aliphatic hydroxyl groups excluding tert-OH is 2. The molecule has 1 aliphatic rings. The first-order chi connectivity index (χ1) is 10.0. The van der Waals surface area contributed by atoms with E-state index in [-0.39, 0.29) is 5.82 Å². The average molecular weight is 329 g/mol. The molecule has 7 nitrogen and oxygen atoms in total. The Morgan fingerprint density at radius 1 is 1.55 bits per heavy atom. The minimum Gasteiger partial charge on any atom is -0.387 e. The molecule has 0 spiro atoms. The molecule has 4 atom stereocenters. The lowest BCUT2D eigenvalue weighted by Crippen LogP contribution is -2.41. The van der Waals surface area contributed by atoms with Gasteiger partial charge in [0.2, 0.25) is 0 Å². The highest BCUT2D eigenvalue weighted by Crippen LogP contribution is 2.44. The number of hydrogen-bond donors (Lipinski definition) is 3. The number of nitrogens with two attached hydrogens (primary N) is 1. The maximum Gasteiger partial charge on any atom is 0.351 e. The van der Waals surface area contributed by atoms with Gasteiger partial charge in [-0.2, -0.15) is 4.98 Å². The van der Waals surface area contributed by atoms with Crippen molar-refractivity contribution in [3.8, 4) is 0 Å². The van der Waals surface area contributed by atoms with Crippen molar-refractivity contribution in [3.05, 3.63) is 22.7 Å². The molecular weight excluding hydrogens is 305 g/mol. The Labute approximate surface area is 129 Å². The summed E-state index contributed by atoms with van der Waals surface area (Å²) in [6.45, 7) is 4.65. The van der Waals surface area contributed by atoms with Crippen molar-refractivity contribution in [2.75, 3.05) is 25.2 Å². The average Bonchev–Trinajstić information content (AvgIpc) is 2.61. The number of rotatable bonds is 4. The van der Waals surface area contributed by atoms with Crippen molar-refractivity contribution in [1.29, 1.82) is 0 Å². The third-order valence-electron chi connectivity index (χ3n) is 3.97. The number of hydrogen-bond acceptors (Lipinski definition) is 6. The van der Waals surface area contributed by atoms with Gasteiger partial charge < -0.3 is 20.7 Å². The number of aromatic nitrogens is 2. The topological polar surface area (TPSA) is 111 Å². The van der Waals surface area contributed by atoms with Gasteiger partial charge in [0.05, 0.1) is 5.60 Å². The van der Waals surface area contributed by atoms with Gasteiger partial charge in [0, 0.05) is 6.20 Å². The van der Waals surface area contributed by atoms with E-state index in [1.807, 2.05) is 0 Å². The van der Waals surface area contributed by atoms with Crippen molar-refractivity contribution >= 4 is 19.0 Å². The van der Waals surface area contributed by atoms with Crippen molar-refractivity contribution in [3.63, 3.8) is 0 Å². The molecule has 0 aromatic carbocycles. The van der Waals surface area contributed by atoms with Crippen LogP contribution in [0.1, 0.15) is 19.6 Å². The summed E-state index contributed by atoms with van der Waals surface area (Å²) >= 11 is 0. The summed E-state index contributed by atoms with van der Waals surface area (Å²) in [5.74, 6) is 0.0978. The molecule has 1 aromatic rings. The first-order valence-electron chi connectivity index (χ1n) is 7.09. The molecule has 2 heterocycles. The number of anilines is 1.